The normalized spacial score (nSPS) is 17.1. The van der Waals surface area contributed by atoms with Crippen molar-refractivity contribution >= 4 is 29.1 Å². The van der Waals surface area contributed by atoms with Crippen LogP contribution in [0.1, 0.15) is 12.8 Å². The number of rotatable bonds is 4. The zero-order chi connectivity index (χ0) is 17.9. The van der Waals surface area contributed by atoms with Gasteiger partial charge in [-0.15, -0.1) is 0 Å². The molecule has 0 unspecified atom stereocenters. The van der Waals surface area contributed by atoms with Crippen molar-refractivity contribution in [2.24, 2.45) is 0 Å². The van der Waals surface area contributed by atoms with E-state index in [1.165, 1.54) is 0 Å². The number of aromatic nitrogens is 1. The van der Waals surface area contributed by atoms with Crippen molar-refractivity contribution < 1.29 is 9.53 Å². The van der Waals surface area contributed by atoms with Crippen molar-refractivity contribution in [2.75, 3.05) is 36.4 Å². The van der Waals surface area contributed by atoms with Crippen LogP contribution in [0.3, 0.4) is 0 Å². The lowest BCUT2D eigenvalue weighted by molar-refractivity contribution is 0.0494. The number of pyridine rings is 1. The summed E-state index contributed by atoms with van der Waals surface area (Å²) in [5, 5.41) is 3.57. The molecule has 7 heteroatoms. The summed E-state index contributed by atoms with van der Waals surface area (Å²) in [6, 6.07) is 11.0. The number of anilines is 2. The lowest BCUT2D eigenvalue weighted by Gasteiger charge is -2.39. The van der Waals surface area contributed by atoms with Crippen molar-refractivity contribution in [2.45, 2.75) is 18.9 Å². The van der Waals surface area contributed by atoms with Gasteiger partial charge in [0, 0.05) is 19.3 Å². The first-order chi connectivity index (χ1) is 12.7. The molecule has 2 aliphatic heterocycles. The predicted octanol–water partition coefficient (Wildman–Crippen LogP) is 3.63. The summed E-state index contributed by atoms with van der Waals surface area (Å²) in [5.74, 6) is 1.51. The largest absolute Gasteiger partial charge is 0.485 e. The minimum atomic E-state index is -0.127. The van der Waals surface area contributed by atoms with E-state index in [1.54, 1.807) is 17.2 Å². The number of para-hydroxylation sites is 1. The van der Waals surface area contributed by atoms with Crippen LogP contribution >= 0.6 is 11.6 Å². The Morgan fingerprint density at radius 3 is 2.69 bits per heavy atom. The Morgan fingerprint density at radius 2 is 1.92 bits per heavy atom. The third kappa shape index (κ3) is 3.55. The van der Waals surface area contributed by atoms with E-state index in [9.17, 15) is 4.79 Å². The second-order valence-electron chi connectivity index (χ2n) is 6.57. The Morgan fingerprint density at radius 1 is 1.15 bits per heavy atom. The lowest BCUT2D eigenvalue weighted by atomic mass is 10.2. The smallest absolute Gasteiger partial charge is 0.322 e. The number of hydrogen-bond acceptors (Lipinski definition) is 4. The highest BCUT2D eigenvalue weighted by Crippen LogP contribution is 2.28. The summed E-state index contributed by atoms with van der Waals surface area (Å²) in [6.45, 7) is 3.04. The number of benzene rings is 1. The molecule has 4 rings (SSSR count). The molecular formula is C19H21ClN4O2. The molecule has 0 spiro atoms. The fourth-order valence-electron chi connectivity index (χ4n) is 3.27. The second-order valence-corrected chi connectivity index (χ2v) is 6.98. The van der Waals surface area contributed by atoms with Gasteiger partial charge in [-0.2, -0.15) is 0 Å². The first-order valence-corrected chi connectivity index (χ1v) is 9.25. The molecular weight excluding hydrogens is 352 g/mol. The van der Waals surface area contributed by atoms with Gasteiger partial charge in [0.1, 0.15) is 11.9 Å². The second kappa shape index (κ2) is 7.41. The molecule has 0 aliphatic carbocycles. The van der Waals surface area contributed by atoms with Crippen LogP contribution in [0.4, 0.5) is 16.3 Å². The number of carbonyl (C=O) groups excluding carboxylic acids is 1. The molecule has 26 heavy (non-hydrogen) atoms. The Labute approximate surface area is 157 Å². The van der Waals surface area contributed by atoms with Crippen LogP contribution in [0.2, 0.25) is 5.02 Å². The van der Waals surface area contributed by atoms with Gasteiger partial charge in [0.15, 0.2) is 5.82 Å². The Hall–Kier alpha value is -2.47. The maximum absolute atomic E-state index is 12.5. The van der Waals surface area contributed by atoms with Gasteiger partial charge in [0.25, 0.3) is 0 Å². The van der Waals surface area contributed by atoms with Crippen LogP contribution in [0.15, 0.2) is 42.6 Å². The Kier molecular flexibility index (Phi) is 4.84. The third-order valence-corrected chi connectivity index (χ3v) is 5.01. The standard InChI is InChI=1S/C19H21ClN4O2/c20-15-6-1-2-8-17(15)26-14-12-24(13-14)19(25)22-16-7-5-9-21-18(16)23-10-3-4-11-23/h1-2,5-9,14H,3-4,10-13H2,(H,22,25). The number of hydrogen-bond donors (Lipinski definition) is 1. The molecule has 1 N–H and O–H groups in total. The van der Waals surface area contributed by atoms with E-state index in [4.69, 9.17) is 16.3 Å². The van der Waals surface area contributed by atoms with Crippen molar-refractivity contribution in [3.63, 3.8) is 0 Å². The molecule has 2 aromatic rings. The maximum Gasteiger partial charge on any atom is 0.322 e. The van der Waals surface area contributed by atoms with Gasteiger partial charge < -0.3 is 19.9 Å². The van der Waals surface area contributed by atoms with Crippen LogP contribution in [0.5, 0.6) is 5.75 Å². The van der Waals surface area contributed by atoms with Crippen LogP contribution in [0.25, 0.3) is 0 Å². The predicted molar refractivity (Wildman–Crippen MR) is 102 cm³/mol. The number of halogens is 1. The summed E-state index contributed by atoms with van der Waals surface area (Å²) in [4.78, 5) is 20.9. The zero-order valence-corrected chi connectivity index (χ0v) is 15.2. The monoisotopic (exact) mass is 372 g/mol. The van der Waals surface area contributed by atoms with E-state index < -0.39 is 0 Å². The van der Waals surface area contributed by atoms with Crippen LogP contribution in [0, 0.1) is 0 Å². The fourth-order valence-corrected chi connectivity index (χ4v) is 3.45. The van der Waals surface area contributed by atoms with Gasteiger partial charge in [0.2, 0.25) is 0 Å². The first-order valence-electron chi connectivity index (χ1n) is 8.88. The van der Waals surface area contributed by atoms with Crippen molar-refractivity contribution in [1.29, 1.82) is 0 Å². The van der Waals surface area contributed by atoms with E-state index in [0.717, 1.165) is 37.4 Å². The molecule has 0 radical (unpaired) electrons. The maximum atomic E-state index is 12.5. The minimum absolute atomic E-state index is 0.0346. The number of nitrogens with one attached hydrogen (secondary N) is 1. The Balaban J connectivity index is 1.34. The number of urea groups is 1. The molecule has 1 aromatic carbocycles. The molecule has 1 aromatic heterocycles. The molecule has 0 bridgehead atoms. The quantitative estimate of drug-likeness (QED) is 0.890. The van der Waals surface area contributed by atoms with Gasteiger partial charge in [-0.05, 0) is 37.1 Å². The van der Waals surface area contributed by atoms with Crippen molar-refractivity contribution in [3.05, 3.63) is 47.6 Å². The highest BCUT2D eigenvalue weighted by atomic mass is 35.5. The lowest BCUT2D eigenvalue weighted by Crippen LogP contribution is -2.57. The molecule has 136 valence electrons. The van der Waals surface area contributed by atoms with Crippen LogP contribution in [-0.4, -0.2) is 48.2 Å². The van der Waals surface area contributed by atoms with E-state index in [2.05, 4.69) is 15.2 Å². The molecule has 2 fully saturated rings. The van der Waals surface area contributed by atoms with Gasteiger partial charge in [-0.25, -0.2) is 9.78 Å². The number of amides is 2. The summed E-state index contributed by atoms with van der Waals surface area (Å²) < 4.78 is 5.84. The van der Waals surface area contributed by atoms with Gasteiger partial charge in [-0.3, -0.25) is 0 Å². The summed E-state index contributed by atoms with van der Waals surface area (Å²) in [5.41, 5.74) is 0.759. The van der Waals surface area contributed by atoms with Crippen molar-refractivity contribution in [3.8, 4) is 5.75 Å². The average molecular weight is 373 g/mol. The number of likely N-dealkylation sites (tertiary alicyclic amines) is 1. The molecule has 2 amide bonds. The molecule has 0 atom stereocenters. The summed E-state index contributed by atoms with van der Waals surface area (Å²) >= 11 is 6.11. The molecule has 6 nitrogen and oxygen atoms in total. The number of ether oxygens (including phenoxy) is 1. The average Bonchev–Trinajstić information content (AvgIpc) is 3.14. The Bertz CT molecular complexity index is 789. The first kappa shape index (κ1) is 17.0. The summed E-state index contributed by atoms with van der Waals surface area (Å²) in [6.07, 6.45) is 4.06. The van der Waals surface area contributed by atoms with Crippen LogP contribution < -0.4 is 15.0 Å². The van der Waals surface area contributed by atoms with Crippen molar-refractivity contribution in [1.82, 2.24) is 9.88 Å². The molecule has 0 saturated carbocycles. The number of carbonyl (C=O) groups is 1. The van der Waals surface area contributed by atoms with E-state index in [-0.39, 0.29) is 12.1 Å². The van der Waals surface area contributed by atoms with E-state index >= 15 is 0 Å². The highest BCUT2D eigenvalue weighted by molar-refractivity contribution is 6.32. The van der Waals surface area contributed by atoms with Crippen LogP contribution in [-0.2, 0) is 0 Å². The molecule has 2 aliphatic rings. The topological polar surface area (TPSA) is 57.7 Å². The highest BCUT2D eigenvalue weighted by Gasteiger charge is 2.33. The molecule has 3 heterocycles. The van der Waals surface area contributed by atoms with E-state index in [0.29, 0.717) is 23.9 Å². The third-order valence-electron chi connectivity index (χ3n) is 4.70. The fraction of sp³-hybridized carbons (Fsp3) is 0.368. The van der Waals surface area contributed by atoms with Gasteiger partial charge in [0.05, 0.1) is 23.8 Å². The van der Waals surface area contributed by atoms with Gasteiger partial charge in [-0.1, -0.05) is 23.7 Å². The zero-order valence-electron chi connectivity index (χ0n) is 14.4. The van der Waals surface area contributed by atoms with Gasteiger partial charge >= 0.3 is 6.03 Å². The minimum Gasteiger partial charge on any atom is -0.485 e. The van der Waals surface area contributed by atoms with E-state index in [1.807, 2.05) is 30.3 Å². The SMILES string of the molecule is O=C(Nc1cccnc1N1CCCC1)N1CC(Oc2ccccc2Cl)C1. The molecule has 2 saturated heterocycles. The number of nitrogens with zero attached hydrogens (tertiary/aromatic N) is 3. The summed E-state index contributed by atoms with van der Waals surface area (Å²) in [7, 11) is 0.